The maximum Gasteiger partial charge on any atom is 0.104 e. The monoisotopic (exact) mass is 182 g/mol. The van der Waals surface area contributed by atoms with Crippen LogP contribution in [-0.2, 0) is 0 Å². The Morgan fingerprint density at radius 3 is 2.25 bits per heavy atom. The Morgan fingerprint density at radius 2 is 1.92 bits per heavy atom. The van der Waals surface area contributed by atoms with E-state index in [-0.39, 0.29) is 0 Å². The highest BCUT2D eigenvalue weighted by atomic mass is 32.1. The molecule has 0 aliphatic heterocycles. The zero-order chi connectivity index (χ0) is 9.56. The summed E-state index contributed by atoms with van der Waals surface area (Å²) in [5.74, 6) is 0. The van der Waals surface area contributed by atoms with Gasteiger partial charge in [-0.05, 0) is 12.1 Å². The predicted octanol–water partition coefficient (Wildman–Crippen LogP) is 1.93. The third-order valence-corrected chi connectivity index (χ3v) is 1.41. The first kappa shape index (κ1) is 10.9. The standard InChI is InChI=1S/C7H8N2S.C2H6/c8-6-3-1-2-5(4-6)7(9)10;1-2/h1-4H,8H2,(H2,9,10);1-2H3. The number of anilines is 1. The van der Waals surface area contributed by atoms with Crippen LogP contribution >= 0.6 is 12.2 Å². The van der Waals surface area contributed by atoms with Gasteiger partial charge in [0.25, 0.3) is 0 Å². The van der Waals surface area contributed by atoms with Crippen LogP contribution in [-0.4, -0.2) is 4.99 Å². The summed E-state index contributed by atoms with van der Waals surface area (Å²) in [6, 6.07) is 7.20. The minimum absolute atomic E-state index is 0.382. The smallest absolute Gasteiger partial charge is 0.104 e. The molecule has 1 rings (SSSR count). The number of nitrogens with two attached hydrogens (primary N) is 2. The molecule has 4 N–H and O–H groups in total. The zero-order valence-electron chi connectivity index (χ0n) is 7.37. The molecule has 0 fully saturated rings. The molecule has 0 bridgehead atoms. The summed E-state index contributed by atoms with van der Waals surface area (Å²) in [5, 5.41) is 0. The van der Waals surface area contributed by atoms with Gasteiger partial charge in [-0.1, -0.05) is 38.2 Å². The number of benzene rings is 1. The second-order valence-corrected chi connectivity index (χ2v) is 2.43. The number of hydrogen-bond donors (Lipinski definition) is 2. The fourth-order valence-corrected chi connectivity index (χ4v) is 0.819. The van der Waals surface area contributed by atoms with Crippen molar-refractivity contribution in [2.45, 2.75) is 13.8 Å². The third-order valence-electron chi connectivity index (χ3n) is 1.17. The molecular weight excluding hydrogens is 168 g/mol. The minimum Gasteiger partial charge on any atom is -0.399 e. The van der Waals surface area contributed by atoms with Crippen molar-refractivity contribution in [3.05, 3.63) is 29.8 Å². The molecule has 0 aliphatic carbocycles. The van der Waals surface area contributed by atoms with Crippen LogP contribution in [0.1, 0.15) is 19.4 Å². The molecule has 3 heteroatoms. The molecular formula is C9H14N2S. The SMILES string of the molecule is CC.NC(=S)c1cccc(N)c1. The van der Waals surface area contributed by atoms with Gasteiger partial charge in [-0.15, -0.1) is 0 Å². The summed E-state index contributed by atoms with van der Waals surface area (Å²) in [7, 11) is 0. The molecule has 0 amide bonds. The molecule has 12 heavy (non-hydrogen) atoms. The lowest BCUT2D eigenvalue weighted by Gasteiger charge is -1.97. The number of rotatable bonds is 1. The topological polar surface area (TPSA) is 52.0 Å². The average molecular weight is 182 g/mol. The highest BCUT2D eigenvalue weighted by Gasteiger charge is 1.93. The van der Waals surface area contributed by atoms with E-state index in [9.17, 15) is 0 Å². The largest absolute Gasteiger partial charge is 0.399 e. The molecule has 2 nitrogen and oxygen atoms in total. The molecule has 0 atom stereocenters. The Bertz CT molecular complexity index is 258. The van der Waals surface area contributed by atoms with Gasteiger partial charge in [-0.2, -0.15) is 0 Å². The number of thiocarbonyl (C=S) groups is 1. The van der Waals surface area contributed by atoms with Gasteiger partial charge >= 0.3 is 0 Å². The summed E-state index contributed by atoms with van der Waals surface area (Å²) in [5.41, 5.74) is 12.3. The van der Waals surface area contributed by atoms with Crippen LogP contribution in [0.2, 0.25) is 0 Å². The maximum absolute atomic E-state index is 5.48. The molecule has 0 saturated carbocycles. The number of nitrogen functional groups attached to an aromatic ring is 1. The van der Waals surface area contributed by atoms with Gasteiger partial charge < -0.3 is 11.5 Å². The second-order valence-electron chi connectivity index (χ2n) is 1.99. The number of hydrogen-bond acceptors (Lipinski definition) is 2. The van der Waals surface area contributed by atoms with Crippen molar-refractivity contribution in [2.75, 3.05) is 5.73 Å². The molecule has 0 radical (unpaired) electrons. The van der Waals surface area contributed by atoms with Gasteiger partial charge in [-0.3, -0.25) is 0 Å². The Hall–Kier alpha value is -1.09. The van der Waals surface area contributed by atoms with Crippen molar-refractivity contribution < 1.29 is 0 Å². The van der Waals surface area contributed by atoms with Gasteiger partial charge in [0.2, 0.25) is 0 Å². The summed E-state index contributed by atoms with van der Waals surface area (Å²) in [6.45, 7) is 4.00. The molecule has 0 spiro atoms. The fraction of sp³-hybridized carbons (Fsp3) is 0.222. The lowest BCUT2D eigenvalue weighted by Crippen LogP contribution is -2.09. The van der Waals surface area contributed by atoms with E-state index < -0.39 is 0 Å². The lowest BCUT2D eigenvalue weighted by atomic mass is 10.2. The molecule has 66 valence electrons. The molecule has 0 aliphatic rings. The van der Waals surface area contributed by atoms with Crippen LogP contribution in [0.4, 0.5) is 5.69 Å². The van der Waals surface area contributed by atoms with Crippen molar-refractivity contribution in [3.8, 4) is 0 Å². The van der Waals surface area contributed by atoms with Crippen molar-refractivity contribution in [3.63, 3.8) is 0 Å². The first-order chi connectivity index (χ1) is 5.70. The molecule has 0 heterocycles. The van der Waals surface area contributed by atoms with Crippen molar-refractivity contribution in [1.82, 2.24) is 0 Å². The highest BCUT2D eigenvalue weighted by molar-refractivity contribution is 7.80. The van der Waals surface area contributed by atoms with Gasteiger partial charge in [-0.25, -0.2) is 0 Å². The van der Waals surface area contributed by atoms with E-state index in [0.29, 0.717) is 10.7 Å². The van der Waals surface area contributed by atoms with E-state index >= 15 is 0 Å². The van der Waals surface area contributed by atoms with Crippen LogP contribution in [0.15, 0.2) is 24.3 Å². The average Bonchev–Trinajstić information content (AvgIpc) is 2.08. The molecule has 1 aromatic rings. The Morgan fingerprint density at radius 1 is 1.33 bits per heavy atom. The molecule has 0 aromatic heterocycles. The van der Waals surface area contributed by atoms with Crippen LogP contribution in [0, 0.1) is 0 Å². The van der Waals surface area contributed by atoms with Crippen LogP contribution in [0.25, 0.3) is 0 Å². The van der Waals surface area contributed by atoms with Crippen LogP contribution in [0.5, 0.6) is 0 Å². The summed E-state index contributed by atoms with van der Waals surface area (Å²) in [6.07, 6.45) is 0. The summed E-state index contributed by atoms with van der Waals surface area (Å²) in [4.78, 5) is 0.382. The Balaban J connectivity index is 0.000000561. The van der Waals surface area contributed by atoms with E-state index in [1.54, 1.807) is 12.1 Å². The van der Waals surface area contributed by atoms with Crippen LogP contribution < -0.4 is 11.5 Å². The highest BCUT2D eigenvalue weighted by Crippen LogP contribution is 2.05. The Kier molecular flexibility index (Phi) is 5.04. The van der Waals surface area contributed by atoms with E-state index in [0.717, 1.165) is 5.56 Å². The normalized spacial score (nSPS) is 8.17. The zero-order valence-corrected chi connectivity index (χ0v) is 8.19. The van der Waals surface area contributed by atoms with Gasteiger partial charge in [0.15, 0.2) is 0 Å². The minimum atomic E-state index is 0.382. The van der Waals surface area contributed by atoms with Crippen molar-refractivity contribution in [1.29, 1.82) is 0 Å². The van der Waals surface area contributed by atoms with Gasteiger partial charge in [0.05, 0.1) is 0 Å². The molecule has 1 aromatic carbocycles. The summed E-state index contributed by atoms with van der Waals surface area (Å²) < 4.78 is 0. The van der Waals surface area contributed by atoms with E-state index in [1.165, 1.54) is 0 Å². The fourth-order valence-electron chi connectivity index (χ4n) is 0.692. The maximum atomic E-state index is 5.48. The van der Waals surface area contributed by atoms with Crippen molar-refractivity contribution in [2.24, 2.45) is 5.73 Å². The van der Waals surface area contributed by atoms with Gasteiger partial charge in [0.1, 0.15) is 4.99 Å². The third kappa shape index (κ3) is 3.34. The van der Waals surface area contributed by atoms with Gasteiger partial charge in [0, 0.05) is 11.3 Å². The molecule has 0 saturated heterocycles. The second kappa shape index (κ2) is 5.55. The van der Waals surface area contributed by atoms with E-state index in [2.05, 4.69) is 0 Å². The first-order valence-electron chi connectivity index (χ1n) is 3.85. The Labute approximate surface area is 78.6 Å². The molecule has 0 unspecified atom stereocenters. The van der Waals surface area contributed by atoms with E-state index in [1.807, 2.05) is 26.0 Å². The quantitative estimate of drug-likeness (QED) is 0.515. The van der Waals surface area contributed by atoms with E-state index in [4.69, 9.17) is 23.7 Å². The lowest BCUT2D eigenvalue weighted by molar-refractivity contribution is 1.50. The van der Waals surface area contributed by atoms with Crippen LogP contribution in [0.3, 0.4) is 0 Å². The first-order valence-corrected chi connectivity index (χ1v) is 4.26. The van der Waals surface area contributed by atoms with Crippen molar-refractivity contribution >= 4 is 22.9 Å². The predicted molar refractivity (Wildman–Crippen MR) is 58.1 cm³/mol. The summed E-state index contributed by atoms with van der Waals surface area (Å²) >= 11 is 4.74.